The Morgan fingerprint density at radius 3 is 2.71 bits per heavy atom. The third-order valence-corrected chi connectivity index (χ3v) is 4.55. The Morgan fingerprint density at radius 1 is 1.50 bits per heavy atom. The SMILES string of the molecule is O=C(O)CCS(=O)(=O)C1CCCNC1. The molecule has 1 fully saturated rings. The summed E-state index contributed by atoms with van der Waals surface area (Å²) in [7, 11) is -3.22. The van der Waals surface area contributed by atoms with Gasteiger partial charge < -0.3 is 10.4 Å². The van der Waals surface area contributed by atoms with Crippen LogP contribution >= 0.6 is 0 Å². The highest BCUT2D eigenvalue weighted by Gasteiger charge is 2.27. The zero-order chi connectivity index (χ0) is 10.6. The predicted molar refractivity (Wildman–Crippen MR) is 51.9 cm³/mol. The fraction of sp³-hybridized carbons (Fsp3) is 0.875. The quantitative estimate of drug-likeness (QED) is 0.676. The van der Waals surface area contributed by atoms with Crippen molar-refractivity contribution in [3.63, 3.8) is 0 Å². The van der Waals surface area contributed by atoms with Crippen LogP contribution in [0.4, 0.5) is 0 Å². The maximum Gasteiger partial charge on any atom is 0.304 e. The van der Waals surface area contributed by atoms with Crippen LogP contribution in [-0.2, 0) is 14.6 Å². The number of hydrogen-bond acceptors (Lipinski definition) is 4. The number of piperidine rings is 1. The summed E-state index contributed by atoms with van der Waals surface area (Å²) in [5.41, 5.74) is 0. The molecule has 0 saturated carbocycles. The third-order valence-electron chi connectivity index (χ3n) is 2.36. The Hall–Kier alpha value is -0.620. The fourth-order valence-electron chi connectivity index (χ4n) is 1.52. The Bertz CT molecular complexity index is 292. The third kappa shape index (κ3) is 3.26. The van der Waals surface area contributed by atoms with Crippen molar-refractivity contribution in [2.75, 3.05) is 18.8 Å². The van der Waals surface area contributed by atoms with Gasteiger partial charge in [0.1, 0.15) is 0 Å². The summed E-state index contributed by atoms with van der Waals surface area (Å²) >= 11 is 0. The van der Waals surface area contributed by atoms with E-state index in [2.05, 4.69) is 5.32 Å². The Morgan fingerprint density at radius 2 is 2.21 bits per heavy atom. The van der Waals surface area contributed by atoms with E-state index in [1.54, 1.807) is 0 Å². The number of aliphatic carboxylic acids is 1. The largest absolute Gasteiger partial charge is 0.481 e. The maximum atomic E-state index is 11.6. The zero-order valence-electron chi connectivity index (χ0n) is 7.90. The van der Waals surface area contributed by atoms with Crippen LogP contribution in [0.3, 0.4) is 0 Å². The molecular formula is C8H15NO4S. The van der Waals surface area contributed by atoms with E-state index in [4.69, 9.17) is 5.11 Å². The molecule has 82 valence electrons. The van der Waals surface area contributed by atoms with Gasteiger partial charge in [-0.05, 0) is 19.4 Å². The van der Waals surface area contributed by atoms with Crippen molar-refractivity contribution in [3.8, 4) is 0 Å². The van der Waals surface area contributed by atoms with E-state index in [9.17, 15) is 13.2 Å². The minimum Gasteiger partial charge on any atom is -0.481 e. The molecule has 0 aromatic carbocycles. The highest BCUT2D eigenvalue weighted by Crippen LogP contribution is 2.13. The summed E-state index contributed by atoms with van der Waals surface area (Å²) in [4.78, 5) is 10.2. The van der Waals surface area contributed by atoms with Crippen LogP contribution in [0.15, 0.2) is 0 Å². The van der Waals surface area contributed by atoms with Crippen LogP contribution in [0.2, 0.25) is 0 Å². The van der Waals surface area contributed by atoms with Gasteiger partial charge in [0.2, 0.25) is 0 Å². The van der Waals surface area contributed by atoms with E-state index >= 15 is 0 Å². The fourth-order valence-corrected chi connectivity index (χ4v) is 3.21. The summed E-state index contributed by atoms with van der Waals surface area (Å²) in [6.07, 6.45) is 1.20. The standard InChI is InChI=1S/C8H15NO4S/c10-8(11)3-5-14(12,13)7-2-1-4-9-6-7/h7,9H,1-6H2,(H,10,11). The molecule has 2 N–H and O–H groups in total. The number of hydrogen-bond donors (Lipinski definition) is 2. The Balaban J connectivity index is 2.50. The first kappa shape index (κ1) is 11.5. The van der Waals surface area contributed by atoms with E-state index in [0.717, 1.165) is 13.0 Å². The van der Waals surface area contributed by atoms with Crippen LogP contribution in [0, 0.1) is 0 Å². The molecule has 5 nitrogen and oxygen atoms in total. The maximum absolute atomic E-state index is 11.6. The average Bonchev–Trinajstić information content (AvgIpc) is 2.16. The molecular weight excluding hydrogens is 206 g/mol. The Kier molecular flexibility index (Phi) is 3.88. The van der Waals surface area contributed by atoms with Gasteiger partial charge in [0, 0.05) is 6.54 Å². The van der Waals surface area contributed by atoms with Gasteiger partial charge in [0.15, 0.2) is 9.84 Å². The van der Waals surface area contributed by atoms with Crippen LogP contribution in [0.1, 0.15) is 19.3 Å². The molecule has 1 unspecified atom stereocenters. The predicted octanol–water partition coefficient (Wildman–Crippen LogP) is -0.372. The second-order valence-corrected chi connectivity index (χ2v) is 5.88. The molecule has 0 bridgehead atoms. The summed E-state index contributed by atoms with van der Waals surface area (Å²) in [5.74, 6) is -1.30. The lowest BCUT2D eigenvalue weighted by Gasteiger charge is -2.22. The molecule has 14 heavy (non-hydrogen) atoms. The Labute approximate surface area is 83.4 Å². The van der Waals surface area contributed by atoms with Crippen molar-refractivity contribution >= 4 is 15.8 Å². The number of nitrogens with one attached hydrogen (secondary N) is 1. The highest BCUT2D eigenvalue weighted by atomic mass is 32.2. The van der Waals surface area contributed by atoms with Gasteiger partial charge in [0.05, 0.1) is 17.4 Å². The van der Waals surface area contributed by atoms with Crippen molar-refractivity contribution in [1.29, 1.82) is 0 Å². The van der Waals surface area contributed by atoms with E-state index in [0.29, 0.717) is 13.0 Å². The average molecular weight is 221 g/mol. The van der Waals surface area contributed by atoms with Crippen molar-refractivity contribution in [2.24, 2.45) is 0 Å². The van der Waals surface area contributed by atoms with Gasteiger partial charge in [-0.1, -0.05) is 0 Å². The van der Waals surface area contributed by atoms with Gasteiger partial charge in [-0.25, -0.2) is 8.42 Å². The molecule has 1 rings (SSSR count). The molecule has 0 spiro atoms. The highest BCUT2D eigenvalue weighted by molar-refractivity contribution is 7.92. The van der Waals surface area contributed by atoms with Crippen LogP contribution in [-0.4, -0.2) is 43.6 Å². The molecule has 1 aliphatic rings. The van der Waals surface area contributed by atoms with Gasteiger partial charge in [-0.3, -0.25) is 4.79 Å². The summed E-state index contributed by atoms with van der Waals surface area (Å²) in [5, 5.41) is 11.0. The van der Waals surface area contributed by atoms with Crippen LogP contribution in [0.25, 0.3) is 0 Å². The number of carboxylic acid groups (broad SMARTS) is 1. The molecule has 1 aliphatic heterocycles. The summed E-state index contributed by atoms with van der Waals surface area (Å²) < 4.78 is 23.2. The second kappa shape index (κ2) is 4.75. The lowest BCUT2D eigenvalue weighted by atomic mass is 10.2. The number of carboxylic acids is 1. The molecule has 1 saturated heterocycles. The number of rotatable bonds is 4. The molecule has 6 heteroatoms. The van der Waals surface area contributed by atoms with Gasteiger partial charge in [-0.15, -0.1) is 0 Å². The van der Waals surface area contributed by atoms with Crippen molar-refractivity contribution < 1.29 is 18.3 Å². The van der Waals surface area contributed by atoms with Crippen LogP contribution < -0.4 is 5.32 Å². The van der Waals surface area contributed by atoms with E-state index in [1.165, 1.54) is 0 Å². The minimum absolute atomic E-state index is 0.241. The smallest absolute Gasteiger partial charge is 0.304 e. The molecule has 0 radical (unpaired) electrons. The first-order valence-electron chi connectivity index (χ1n) is 4.66. The summed E-state index contributed by atoms with van der Waals surface area (Å²) in [6, 6.07) is 0. The van der Waals surface area contributed by atoms with Crippen molar-refractivity contribution in [2.45, 2.75) is 24.5 Å². The summed E-state index contributed by atoms with van der Waals surface area (Å²) in [6.45, 7) is 1.31. The van der Waals surface area contributed by atoms with Crippen LogP contribution in [0.5, 0.6) is 0 Å². The lowest BCUT2D eigenvalue weighted by molar-refractivity contribution is -0.136. The molecule has 1 heterocycles. The van der Waals surface area contributed by atoms with Crippen molar-refractivity contribution in [1.82, 2.24) is 5.32 Å². The monoisotopic (exact) mass is 221 g/mol. The molecule has 0 amide bonds. The topological polar surface area (TPSA) is 83.5 Å². The molecule has 1 atom stereocenters. The normalized spacial score (nSPS) is 23.3. The van der Waals surface area contributed by atoms with E-state index in [1.807, 2.05) is 0 Å². The van der Waals surface area contributed by atoms with Gasteiger partial charge >= 0.3 is 5.97 Å². The minimum atomic E-state index is -3.22. The van der Waals surface area contributed by atoms with E-state index in [-0.39, 0.29) is 12.2 Å². The van der Waals surface area contributed by atoms with Crippen molar-refractivity contribution in [3.05, 3.63) is 0 Å². The molecule has 0 aromatic heterocycles. The zero-order valence-corrected chi connectivity index (χ0v) is 8.72. The molecule has 0 aliphatic carbocycles. The second-order valence-electron chi connectivity index (χ2n) is 3.48. The first-order valence-corrected chi connectivity index (χ1v) is 6.38. The number of sulfone groups is 1. The first-order chi connectivity index (χ1) is 6.52. The lowest BCUT2D eigenvalue weighted by Crippen LogP contribution is -2.40. The van der Waals surface area contributed by atoms with Gasteiger partial charge in [-0.2, -0.15) is 0 Å². The van der Waals surface area contributed by atoms with E-state index < -0.39 is 21.1 Å². The number of carbonyl (C=O) groups is 1. The molecule has 0 aromatic rings. The van der Waals surface area contributed by atoms with Gasteiger partial charge in [0.25, 0.3) is 0 Å².